The van der Waals surface area contributed by atoms with Gasteiger partial charge in [-0.2, -0.15) is 5.82 Å². The first-order valence-electron chi connectivity index (χ1n) is 5.45. The lowest BCUT2D eigenvalue weighted by Crippen LogP contribution is -2.05. The van der Waals surface area contributed by atoms with Crippen LogP contribution in [0.25, 0.3) is 0 Å². The first-order valence-corrected chi connectivity index (χ1v) is 5.45. The fraction of sp³-hybridized carbons (Fsp3) is 0.818. The summed E-state index contributed by atoms with van der Waals surface area (Å²) in [4.78, 5) is 0. The smallest absolute Gasteiger partial charge is 0.219 e. The van der Waals surface area contributed by atoms with Crippen molar-refractivity contribution < 1.29 is 0 Å². The summed E-state index contributed by atoms with van der Waals surface area (Å²) < 4.78 is 0. The van der Waals surface area contributed by atoms with Crippen LogP contribution in [0.2, 0.25) is 5.82 Å². The molecule has 0 unspecified atom stereocenters. The summed E-state index contributed by atoms with van der Waals surface area (Å²) in [5.74, 6) is 6.69. The van der Waals surface area contributed by atoms with Crippen molar-refractivity contribution >= 4 is 7.28 Å². The van der Waals surface area contributed by atoms with Gasteiger partial charge in [-0.15, -0.1) is 5.92 Å². The van der Waals surface area contributed by atoms with Gasteiger partial charge in [0, 0.05) is 0 Å². The maximum Gasteiger partial charge on any atom is 0.219 e. The van der Waals surface area contributed by atoms with Crippen molar-refractivity contribution in [2.45, 2.75) is 50.8 Å². The number of rotatable bonds is 1. The molecule has 0 spiro atoms. The lowest BCUT2D eigenvalue weighted by Gasteiger charge is -2.16. The summed E-state index contributed by atoms with van der Waals surface area (Å²) in [7, 11) is 2.16. The highest BCUT2D eigenvalue weighted by atomic mass is 14.5. The van der Waals surface area contributed by atoms with Crippen LogP contribution in [0.4, 0.5) is 0 Å². The Balaban J connectivity index is 2.21. The van der Waals surface area contributed by atoms with Crippen LogP contribution in [0.3, 0.4) is 0 Å². The minimum absolute atomic E-state index is 0.489. The molecule has 0 saturated heterocycles. The SMILES string of the molecule is NCC#C[B]C1CCCCCCC1. The van der Waals surface area contributed by atoms with Crippen molar-refractivity contribution in [3.63, 3.8) is 0 Å². The standard InChI is InChI=1S/C11H19BN/c13-10-6-9-12-11-7-4-2-1-3-5-8-11/h11H,1-5,7-8,10,13H2. The van der Waals surface area contributed by atoms with Gasteiger partial charge in [-0.3, -0.25) is 0 Å². The van der Waals surface area contributed by atoms with E-state index in [1.807, 2.05) is 0 Å². The lowest BCUT2D eigenvalue weighted by atomic mass is 9.61. The Kier molecular flexibility index (Phi) is 5.77. The topological polar surface area (TPSA) is 26.0 Å². The fourth-order valence-electron chi connectivity index (χ4n) is 1.89. The zero-order valence-corrected chi connectivity index (χ0v) is 8.39. The van der Waals surface area contributed by atoms with E-state index in [0.29, 0.717) is 6.54 Å². The van der Waals surface area contributed by atoms with E-state index < -0.39 is 0 Å². The summed E-state index contributed by atoms with van der Waals surface area (Å²) in [6.07, 6.45) is 9.68. The van der Waals surface area contributed by atoms with E-state index in [1.165, 1.54) is 44.9 Å². The van der Waals surface area contributed by atoms with E-state index in [0.717, 1.165) is 5.82 Å². The summed E-state index contributed by atoms with van der Waals surface area (Å²) in [6.45, 7) is 0.489. The van der Waals surface area contributed by atoms with E-state index in [9.17, 15) is 0 Å². The van der Waals surface area contributed by atoms with Gasteiger partial charge in [0.05, 0.1) is 6.54 Å². The molecule has 2 heteroatoms. The highest BCUT2D eigenvalue weighted by molar-refractivity contribution is 6.47. The fourth-order valence-corrected chi connectivity index (χ4v) is 1.89. The molecule has 0 aliphatic heterocycles. The van der Waals surface area contributed by atoms with Crippen molar-refractivity contribution in [1.82, 2.24) is 0 Å². The molecule has 0 bridgehead atoms. The quantitative estimate of drug-likeness (QED) is 0.480. The maximum absolute atomic E-state index is 5.31. The molecule has 1 aliphatic rings. The van der Waals surface area contributed by atoms with Crippen LogP contribution in [-0.4, -0.2) is 13.8 Å². The summed E-state index contributed by atoms with van der Waals surface area (Å²) >= 11 is 0. The first kappa shape index (κ1) is 10.7. The van der Waals surface area contributed by atoms with Gasteiger partial charge in [-0.25, -0.2) is 0 Å². The van der Waals surface area contributed by atoms with Gasteiger partial charge < -0.3 is 5.73 Å². The predicted octanol–water partition coefficient (Wildman–Crippen LogP) is 2.14. The Morgan fingerprint density at radius 1 is 1.08 bits per heavy atom. The third-order valence-corrected chi connectivity index (χ3v) is 2.67. The van der Waals surface area contributed by atoms with Gasteiger partial charge in [-0.1, -0.05) is 50.8 Å². The van der Waals surface area contributed by atoms with E-state index in [1.54, 1.807) is 0 Å². The largest absolute Gasteiger partial charge is 0.320 e. The molecule has 0 amide bonds. The molecule has 1 radical (unpaired) electrons. The van der Waals surface area contributed by atoms with Crippen LogP contribution < -0.4 is 5.73 Å². The van der Waals surface area contributed by atoms with E-state index >= 15 is 0 Å². The van der Waals surface area contributed by atoms with Gasteiger partial charge in [0.2, 0.25) is 7.28 Å². The summed E-state index contributed by atoms with van der Waals surface area (Å²) in [5.41, 5.74) is 5.31. The van der Waals surface area contributed by atoms with Crippen molar-refractivity contribution in [2.75, 3.05) is 6.54 Å². The maximum atomic E-state index is 5.31. The van der Waals surface area contributed by atoms with E-state index in [4.69, 9.17) is 5.73 Å². The molecule has 0 aromatic carbocycles. The van der Waals surface area contributed by atoms with Crippen molar-refractivity contribution in [1.29, 1.82) is 0 Å². The Bertz CT molecular complexity index is 172. The molecule has 0 aromatic heterocycles. The Morgan fingerprint density at radius 3 is 2.31 bits per heavy atom. The Morgan fingerprint density at radius 2 is 1.69 bits per heavy atom. The molecule has 2 N–H and O–H groups in total. The second kappa shape index (κ2) is 7.03. The predicted molar refractivity (Wildman–Crippen MR) is 58.7 cm³/mol. The van der Waals surface area contributed by atoms with Gasteiger partial charge in [0.15, 0.2) is 0 Å². The Labute approximate surface area is 82.7 Å². The number of nitrogens with two attached hydrogens (primary N) is 1. The summed E-state index contributed by atoms with van der Waals surface area (Å²) in [5, 5.41) is 0. The summed E-state index contributed by atoms with van der Waals surface area (Å²) in [6, 6.07) is 0. The molecule has 1 fully saturated rings. The average Bonchev–Trinajstić information content (AvgIpc) is 2.08. The zero-order chi connectivity index (χ0) is 9.36. The van der Waals surface area contributed by atoms with Crippen LogP contribution in [0.15, 0.2) is 0 Å². The normalized spacial score (nSPS) is 19.5. The molecule has 1 rings (SSSR count). The minimum atomic E-state index is 0.489. The van der Waals surface area contributed by atoms with Crippen molar-refractivity contribution in [3.05, 3.63) is 0 Å². The van der Waals surface area contributed by atoms with Crippen molar-refractivity contribution in [3.8, 4) is 11.7 Å². The molecular weight excluding hydrogens is 157 g/mol. The molecule has 1 aliphatic carbocycles. The zero-order valence-electron chi connectivity index (χ0n) is 8.39. The number of hydrogen-bond acceptors (Lipinski definition) is 1. The van der Waals surface area contributed by atoms with Crippen LogP contribution >= 0.6 is 0 Å². The molecule has 0 aromatic rings. The molecule has 0 heterocycles. The third kappa shape index (κ3) is 5.00. The minimum Gasteiger partial charge on any atom is -0.320 e. The molecule has 0 atom stereocenters. The highest BCUT2D eigenvalue weighted by Crippen LogP contribution is 2.25. The molecule has 1 nitrogen and oxygen atoms in total. The van der Waals surface area contributed by atoms with Crippen LogP contribution in [-0.2, 0) is 0 Å². The van der Waals surface area contributed by atoms with Gasteiger partial charge >= 0.3 is 0 Å². The van der Waals surface area contributed by atoms with Crippen molar-refractivity contribution in [2.24, 2.45) is 5.73 Å². The van der Waals surface area contributed by atoms with Crippen LogP contribution in [0.5, 0.6) is 0 Å². The molecular formula is C11H19BN. The lowest BCUT2D eigenvalue weighted by molar-refractivity contribution is 0.503. The Hall–Kier alpha value is -0.415. The highest BCUT2D eigenvalue weighted by Gasteiger charge is 2.10. The number of hydrogen-bond donors (Lipinski definition) is 1. The van der Waals surface area contributed by atoms with Gasteiger partial charge in [0.25, 0.3) is 0 Å². The van der Waals surface area contributed by atoms with Gasteiger partial charge in [0.1, 0.15) is 0 Å². The first-order chi connectivity index (χ1) is 6.43. The second-order valence-corrected chi connectivity index (χ2v) is 3.80. The van der Waals surface area contributed by atoms with E-state index in [2.05, 4.69) is 19.0 Å². The molecule has 1 saturated carbocycles. The molecule has 13 heavy (non-hydrogen) atoms. The average molecular weight is 176 g/mol. The van der Waals surface area contributed by atoms with Crippen LogP contribution in [0.1, 0.15) is 44.9 Å². The second-order valence-electron chi connectivity index (χ2n) is 3.80. The van der Waals surface area contributed by atoms with Crippen LogP contribution in [0, 0.1) is 11.7 Å². The van der Waals surface area contributed by atoms with Gasteiger partial charge in [-0.05, 0) is 0 Å². The monoisotopic (exact) mass is 176 g/mol. The molecule has 71 valence electrons. The third-order valence-electron chi connectivity index (χ3n) is 2.67. The van der Waals surface area contributed by atoms with E-state index in [-0.39, 0.29) is 0 Å².